The number of hydrogen-bond donors (Lipinski definition) is 0. The van der Waals surface area contributed by atoms with E-state index in [1.807, 2.05) is 19.2 Å². The molecule has 0 aromatic carbocycles. The van der Waals surface area contributed by atoms with Crippen LogP contribution >= 0.6 is 0 Å². The molecule has 0 aromatic heterocycles. The summed E-state index contributed by atoms with van der Waals surface area (Å²) in [5.41, 5.74) is 2.38. The molecule has 0 fully saturated rings. The summed E-state index contributed by atoms with van der Waals surface area (Å²) in [7, 11) is 0. The molecule has 42 valence electrons. The molecule has 1 nitrogen and oxygen atoms in total. The van der Waals surface area contributed by atoms with Gasteiger partial charge >= 0.3 is 0 Å². The summed E-state index contributed by atoms with van der Waals surface area (Å²) < 4.78 is 0. The van der Waals surface area contributed by atoms with Crippen molar-refractivity contribution in [1.82, 2.24) is 0 Å². The summed E-state index contributed by atoms with van der Waals surface area (Å²) in [6.07, 6.45) is 3.80. The third-order valence-corrected chi connectivity index (χ3v) is 1.27. The predicted octanol–water partition coefficient (Wildman–Crippen LogP) is 1.57. The number of nitrogens with zero attached hydrogens (tertiary/aromatic N) is 1. The summed E-state index contributed by atoms with van der Waals surface area (Å²) in [6.45, 7) is 6.64. The second kappa shape index (κ2) is 1.95. The zero-order chi connectivity index (χ0) is 5.98. The minimum Gasteiger partial charge on any atom is -0.288 e. The van der Waals surface area contributed by atoms with Crippen molar-refractivity contribution in [3.05, 3.63) is 23.8 Å². The van der Waals surface area contributed by atoms with Crippen molar-refractivity contribution in [3.8, 4) is 0 Å². The van der Waals surface area contributed by atoms with Gasteiger partial charge in [-0.25, -0.2) is 0 Å². The van der Waals surface area contributed by atoms with Gasteiger partial charge in [0.25, 0.3) is 0 Å². The Morgan fingerprint density at radius 1 is 1.75 bits per heavy atom. The van der Waals surface area contributed by atoms with Crippen molar-refractivity contribution in [2.24, 2.45) is 4.99 Å². The second-order valence-electron chi connectivity index (χ2n) is 1.94. The largest absolute Gasteiger partial charge is 0.288 e. The molecule has 0 unspecified atom stereocenters. The first-order chi connectivity index (χ1) is 3.80. The van der Waals surface area contributed by atoms with Crippen LogP contribution in [0.5, 0.6) is 0 Å². The smallest absolute Gasteiger partial charge is 0.0636 e. The molecule has 1 heteroatoms. The molecule has 0 radical (unpaired) electrons. The maximum atomic E-state index is 4.01. The summed E-state index contributed by atoms with van der Waals surface area (Å²) >= 11 is 0. The van der Waals surface area contributed by atoms with Crippen molar-refractivity contribution in [1.29, 1.82) is 0 Å². The third-order valence-electron chi connectivity index (χ3n) is 1.27. The van der Waals surface area contributed by atoms with Gasteiger partial charge in [-0.1, -0.05) is 6.58 Å². The minimum absolute atomic E-state index is 0.780. The normalized spacial score (nSPS) is 18.6. The topological polar surface area (TPSA) is 12.4 Å². The molecule has 0 spiro atoms. The quantitative estimate of drug-likeness (QED) is 0.445. The van der Waals surface area contributed by atoms with Crippen LogP contribution in [0.3, 0.4) is 0 Å². The first-order valence-electron chi connectivity index (χ1n) is 2.65. The van der Waals surface area contributed by atoms with Crippen LogP contribution in [0.25, 0.3) is 0 Å². The van der Waals surface area contributed by atoms with Gasteiger partial charge < -0.3 is 0 Å². The Morgan fingerprint density at radius 3 is 2.88 bits per heavy atom. The minimum atomic E-state index is 0.780. The summed E-state index contributed by atoms with van der Waals surface area (Å²) in [4.78, 5) is 4.01. The second-order valence-corrected chi connectivity index (χ2v) is 1.94. The van der Waals surface area contributed by atoms with E-state index in [9.17, 15) is 0 Å². The highest BCUT2D eigenvalue weighted by Gasteiger charge is 1.96. The number of aliphatic imine (C=N–C) groups is 1. The summed E-state index contributed by atoms with van der Waals surface area (Å²) in [6, 6.07) is 0. The highest BCUT2D eigenvalue weighted by molar-refractivity contribution is 5.75. The Morgan fingerprint density at radius 2 is 2.50 bits per heavy atom. The maximum Gasteiger partial charge on any atom is 0.0636 e. The van der Waals surface area contributed by atoms with Gasteiger partial charge in [0.1, 0.15) is 0 Å². The van der Waals surface area contributed by atoms with Gasteiger partial charge in [-0.3, -0.25) is 4.99 Å². The molecule has 1 aliphatic heterocycles. The molecule has 0 bridgehead atoms. The predicted molar refractivity (Wildman–Crippen MR) is 36.3 cm³/mol. The van der Waals surface area contributed by atoms with Gasteiger partial charge in [-0.2, -0.15) is 0 Å². The zero-order valence-corrected chi connectivity index (χ0v) is 5.02. The monoisotopic (exact) mass is 107 g/mol. The van der Waals surface area contributed by atoms with Crippen LogP contribution < -0.4 is 0 Å². The van der Waals surface area contributed by atoms with E-state index < -0.39 is 0 Å². The first-order valence-corrected chi connectivity index (χ1v) is 2.65. The highest BCUT2D eigenvalue weighted by atomic mass is 14.7. The lowest BCUT2D eigenvalue weighted by molar-refractivity contribution is 1.14. The average Bonchev–Trinajstić information content (AvgIpc) is 1.77. The molecule has 1 aliphatic rings. The molecule has 0 saturated carbocycles. The van der Waals surface area contributed by atoms with E-state index in [4.69, 9.17) is 0 Å². The van der Waals surface area contributed by atoms with Gasteiger partial charge in [0.15, 0.2) is 0 Å². The van der Waals surface area contributed by atoms with Crippen LogP contribution in [0.15, 0.2) is 28.8 Å². The molecule has 0 saturated heterocycles. The Balaban J connectivity index is 2.80. The number of dihydropyridines is 1. The standard InChI is InChI=1S/C7H9N/c1-6-3-4-8-5-7(6)2/h3-4H,2,5H2,1H3. The molecule has 1 rings (SSSR count). The van der Waals surface area contributed by atoms with Crippen LogP contribution in [0.1, 0.15) is 6.92 Å². The molecule has 0 atom stereocenters. The Labute approximate surface area is 49.4 Å². The van der Waals surface area contributed by atoms with Crippen molar-refractivity contribution in [2.45, 2.75) is 6.92 Å². The third kappa shape index (κ3) is 0.861. The van der Waals surface area contributed by atoms with Gasteiger partial charge in [0.2, 0.25) is 0 Å². The fourth-order valence-electron chi connectivity index (χ4n) is 0.570. The zero-order valence-electron chi connectivity index (χ0n) is 5.02. The van der Waals surface area contributed by atoms with E-state index in [1.54, 1.807) is 0 Å². The van der Waals surface area contributed by atoms with Crippen LogP contribution in [0, 0.1) is 0 Å². The van der Waals surface area contributed by atoms with Gasteiger partial charge in [0.05, 0.1) is 6.54 Å². The fraction of sp³-hybridized carbons (Fsp3) is 0.286. The van der Waals surface area contributed by atoms with Crippen molar-refractivity contribution < 1.29 is 0 Å². The van der Waals surface area contributed by atoms with Crippen molar-refractivity contribution >= 4 is 6.21 Å². The summed E-state index contributed by atoms with van der Waals surface area (Å²) in [5.74, 6) is 0. The Kier molecular flexibility index (Phi) is 1.29. The van der Waals surface area contributed by atoms with E-state index in [0.717, 1.165) is 12.1 Å². The van der Waals surface area contributed by atoms with E-state index in [-0.39, 0.29) is 0 Å². The molecule has 1 heterocycles. The lowest BCUT2D eigenvalue weighted by atomic mass is 10.1. The van der Waals surface area contributed by atoms with Crippen LogP contribution in [0.2, 0.25) is 0 Å². The molecular formula is C7H9N. The van der Waals surface area contributed by atoms with E-state index in [0.29, 0.717) is 0 Å². The average molecular weight is 107 g/mol. The van der Waals surface area contributed by atoms with Gasteiger partial charge in [-0.05, 0) is 24.1 Å². The van der Waals surface area contributed by atoms with Crippen molar-refractivity contribution in [2.75, 3.05) is 6.54 Å². The molecule has 8 heavy (non-hydrogen) atoms. The van der Waals surface area contributed by atoms with E-state index in [1.165, 1.54) is 5.57 Å². The van der Waals surface area contributed by atoms with Gasteiger partial charge in [0, 0.05) is 6.21 Å². The number of hydrogen-bond acceptors (Lipinski definition) is 1. The fourth-order valence-corrected chi connectivity index (χ4v) is 0.570. The van der Waals surface area contributed by atoms with Crippen LogP contribution in [-0.4, -0.2) is 12.8 Å². The van der Waals surface area contributed by atoms with Crippen LogP contribution in [-0.2, 0) is 0 Å². The Hall–Kier alpha value is -0.850. The Bertz CT molecular complexity index is 163. The molecule has 0 aromatic rings. The molecular weight excluding hydrogens is 98.1 g/mol. The maximum absolute atomic E-state index is 4.01. The van der Waals surface area contributed by atoms with Crippen molar-refractivity contribution in [3.63, 3.8) is 0 Å². The number of rotatable bonds is 0. The molecule has 0 aliphatic carbocycles. The lowest BCUT2D eigenvalue weighted by Crippen LogP contribution is -1.94. The SMILES string of the molecule is C=C1CN=CC=C1C. The van der Waals surface area contributed by atoms with Gasteiger partial charge in [-0.15, -0.1) is 0 Å². The number of allylic oxidation sites excluding steroid dienone is 1. The van der Waals surface area contributed by atoms with E-state index >= 15 is 0 Å². The van der Waals surface area contributed by atoms with Crippen LogP contribution in [0.4, 0.5) is 0 Å². The first kappa shape index (κ1) is 5.29. The molecule has 0 amide bonds. The molecule has 0 N–H and O–H groups in total. The highest BCUT2D eigenvalue weighted by Crippen LogP contribution is 2.08. The van der Waals surface area contributed by atoms with E-state index in [2.05, 4.69) is 11.6 Å². The summed E-state index contributed by atoms with van der Waals surface area (Å²) in [5, 5.41) is 0. The lowest BCUT2D eigenvalue weighted by Gasteiger charge is -2.03.